The van der Waals surface area contributed by atoms with Crippen LogP contribution in [0.25, 0.3) is 11.3 Å². The zero-order chi connectivity index (χ0) is 26.8. The molecular formula is C29H27ClN4O4. The minimum absolute atomic E-state index is 0.0291. The zero-order valence-electron chi connectivity index (χ0n) is 21.2. The van der Waals surface area contributed by atoms with Gasteiger partial charge in [0.1, 0.15) is 12.5 Å². The largest absolute Gasteiger partial charge is 0.458 e. The Balaban J connectivity index is 1.54. The predicted octanol–water partition coefficient (Wildman–Crippen LogP) is 5.43. The number of fused-ring (bicyclic) bond motifs is 2. The number of halogens is 1. The van der Waals surface area contributed by atoms with Crippen molar-refractivity contribution in [1.29, 1.82) is 0 Å². The van der Waals surface area contributed by atoms with Gasteiger partial charge in [-0.2, -0.15) is 0 Å². The number of hydrogen-bond acceptors (Lipinski definition) is 6. The lowest BCUT2D eigenvalue weighted by Gasteiger charge is -2.23. The summed E-state index contributed by atoms with van der Waals surface area (Å²) in [5.74, 6) is 0.837. The molecule has 38 heavy (non-hydrogen) atoms. The van der Waals surface area contributed by atoms with E-state index in [1.165, 1.54) is 12.5 Å². The van der Waals surface area contributed by atoms with E-state index >= 15 is 0 Å². The Labute approximate surface area is 226 Å². The summed E-state index contributed by atoms with van der Waals surface area (Å²) in [5, 5.41) is 6.88. The number of anilines is 3. The number of nitrogens with zero attached hydrogens (tertiary/aromatic N) is 2. The molecule has 2 aliphatic heterocycles. The van der Waals surface area contributed by atoms with Gasteiger partial charge in [-0.15, -0.1) is 0 Å². The van der Waals surface area contributed by atoms with Crippen LogP contribution in [0.15, 0.2) is 73.2 Å². The molecule has 0 fully saturated rings. The van der Waals surface area contributed by atoms with Crippen LogP contribution in [0.4, 0.5) is 17.1 Å². The maximum Gasteiger partial charge on any atom is 0.258 e. The normalized spacial score (nSPS) is 14.7. The topological polar surface area (TPSA) is 83.1 Å². The van der Waals surface area contributed by atoms with Crippen molar-refractivity contribution in [2.75, 3.05) is 42.7 Å². The van der Waals surface area contributed by atoms with Crippen molar-refractivity contribution in [3.63, 3.8) is 0 Å². The van der Waals surface area contributed by atoms with E-state index in [0.29, 0.717) is 40.0 Å². The Bertz CT molecular complexity index is 1460. The van der Waals surface area contributed by atoms with Crippen molar-refractivity contribution < 1.29 is 19.1 Å². The number of nitrogens with one attached hydrogen (secondary N) is 2. The quantitative estimate of drug-likeness (QED) is 0.396. The number of ether oxygens (including phenoxy) is 2. The lowest BCUT2D eigenvalue weighted by Crippen LogP contribution is -2.35. The molecule has 0 radical (unpaired) electrons. The highest BCUT2D eigenvalue weighted by Crippen LogP contribution is 2.41. The van der Waals surface area contributed by atoms with Crippen LogP contribution in [0.3, 0.4) is 0 Å². The van der Waals surface area contributed by atoms with Gasteiger partial charge in [0.05, 0.1) is 17.0 Å². The first-order valence-electron chi connectivity index (χ1n) is 12.1. The molecule has 0 aromatic heterocycles. The van der Waals surface area contributed by atoms with Crippen LogP contribution < -0.4 is 25.0 Å². The number of likely N-dealkylation sites (N-methyl/N-ethyl adjacent to an activating group) is 1. The number of amides is 2. The minimum Gasteiger partial charge on any atom is -0.458 e. The molecule has 0 aliphatic carbocycles. The first kappa shape index (κ1) is 25.4. The molecule has 2 heterocycles. The molecule has 0 unspecified atom stereocenters. The van der Waals surface area contributed by atoms with Crippen LogP contribution >= 0.6 is 11.6 Å². The van der Waals surface area contributed by atoms with Gasteiger partial charge >= 0.3 is 0 Å². The lowest BCUT2D eigenvalue weighted by atomic mass is 9.99. The summed E-state index contributed by atoms with van der Waals surface area (Å²) >= 11 is 6.18. The second-order valence-corrected chi connectivity index (χ2v) is 9.65. The number of rotatable bonds is 7. The lowest BCUT2D eigenvalue weighted by molar-refractivity contribution is -0.116. The highest BCUT2D eigenvalue weighted by atomic mass is 35.5. The van der Waals surface area contributed by atoms with E-state index in [4.69, 9.17) is 21.1 Å². The maximum atomic E-state index is 13.2. The first-order chi connectivity index (χ1) is 18.3. The van der Waals surface area contributed by atoms with Gasteiger partial charge in [0.2, 0.25) is 5.91 Å². The fourth-order valence-corrected chi connectivity index (χ4v) is 4.54. The van der Waals surface area contributed by atoms with Crippen molar-refractivity contribution in [3.05, 3.63) is 89.3 Å². The predicted molar refractivity (Wildman–Crippen MR) is 150 cm³/mol. The minimum atomic E-state index is -0.248. The molecule has 0 saturated carbocycles. The molecule has 2 aliphatic rings. The van der Waals surface area contributed by atoms with Crippen LogP contribution in [-0.4, -0.2) is 43.9 Å². The van der Waals surface area contributed by atoms with Gasteiger partial charge in [-0.05, 0) is 68.7 Å². The molecule has 0 spiro atoms. The summed E-state index contributed by atoms with van der Waals surface area (Å²) in [7, 11) is 3.94. The maximum absolute atomic E-state index is 13.2. The Kier molecular flexibility index (Phi) is 7.09. The van der Waals surface area contributed by atoms with Crippen LogP contribution in [-0.2, 0) is 9.59 Å². The van der Waals surface area contributed by atoms with Gasteiger partial charge < -0.3 is 29.9 Å². The Morgan fingerprint density at radius 2 is 1.68 bits per heavy atom. The van der Waals surface area contributed by atoms with E-state index in [0.717, 1.165) is 29.0 Å². The number of benzene rings is 3. The number of carbonyl (C=O) groups is 2. The van der Waals surface area contributed by atoms with Gasteiger partial charge in [0.15, 0.2) is 11.5 Å². The smallest absolute Gasteiger partial charge is 0.258 e. The third-order valence-corrected chi connectivity index (χ3v) is 6.49. The average Bonchev–Trinajstić information content (AvgIpc) is 3.22. The molecule has 2 N–H and O–H groups in total. The summed E-state index contributed by atoms with van der Waals surface area (Å²) in [6.45, 7) is 2.88. The van der Waals surface area contributed by atoms with Gasteiger partial charge in [0, 0.05) is 47.5 Å². The Morgan fingerprint density at radius 1 is 0.947 bits per heavy atom. The van der Waals surface area contributed by atoms with Crippen molar-refractivity contribution in [2.24, 2.45) is 0 Å². The fraction of sp³-hybridized carbons (Fsp3) is 0.172. The third kappa shape index (κ3) is 5.22. The van der Waals surface area contributed by atoms with Crippen LogP contribution in [0.2, 0.25) is 5.02 Å². The molecular weight excluding hydrogens is 504 g/mol. The standard InChI is InChI=1S/C29H27ClN4O4/c1-18(35)34(13-12-33(2)3)22-8-6-21(7-9-22)31-28(19-4-11-25-26(16-19)38-15-14-37-25)27-23-10-5-20(30)17-24(23)32-29(27)36/h4-11,14-17,31H,12-13H2,1-3H3,(H,32,36). The molecule has 8 nitrogen and oxygen atoms in total. The monoisotopic (exact) mass is 530 g/mol. The summed E-state index contributed by atoms with van der Waals surface area (Å²) in [5.41, 5.74) is 4.72. The van der Waals surface area contributed by atoms with Crippen LogP contribution in [0.1, 0.15) is 18.1 Å². The molecule has 3 aromatic rings. The molecule has 2 amide bonds. The molecule has 3 aromatic carbocycles. The number of hydrogen-bond donors (Lipinski definition) is 2. The van der Waals surface area contributed by atoms with E-state index in [1.807, 2.05) is 61.5 Å². The van der Waals surface area contributed by atoms with E-state index in [2.05, 4.69) is 10.6 Å². The van der Waals surface area contributed by atoms with Gasteiger partial charge in [0.25, 0.3) is 5.91 Å². The van der Waals surface area contributed by atoms with E-state index in [9.17, 15) is 9.59 Å². The van der Waals surface area contributed by atoms with Crippen molar-refractivity contribution >= 4 is 51.7 Å². The fourth-order valence-electron chi connectivity index (χ4n) is 4.36. The molecule has 194 valence electrons. The summed E-state index contributed by atoms with van der Waals surface area (Å²) < 4.78 is 11.1. The van der Waals surface area contributed by atoms with Crippen molar-refractivity contribution in [3.8, 4) is 11.5 Å². The zero-order valence-corrected chi connectivity index (χ0v) is 22.0. The SMILES string of the molecule is CC(=O)N(CCN(C)C)c1ccc(NC(=C2C(=O)Nc3cc(Cl)ccc32)c2ccc3c(c2)OC=CO3)cc1. The van der Waals surface area contributed by atoms with Crippen molar-refractivity contribution in [1.82, 2.24) is 4.90 Å². The van der Waals surface area contributed by atoms with Gasteiger partial charge in [-0.3, -0.25) is 9.59 Å². The Hall–Kier alpha value is -4.27. The molecule has 0 atom stereocenters. The summed E-state index contributed by atoms with van der Waals surface area (Å²) in [4.78, 5) is 29.3. The second-order valence-electron chi connectivity index (χ2n) is 9.21. The summed E-state index contributed by atoms with van der Waals surface area (Å²) in [6.07, 6.45) is 2.93. The highest BCUT2D eigenvalue weighted by Gasteiger charge is 2.29. The van der Waals surface area contributed by atoms with Crippen LogP contribution in [0.5, 0.6) is 11.5 Å². The van der Waals surface area contributed by atoms with Crippen molar-refractivity contribution in [2.45, 2.75) is 6.92 Å². The van der Waals surface area contributed by atoms with Gasteiger partial charge in [-0.25, -0.2) is 0 Å². The third-order valence-electron chi connectivity index (χ3n) is 6.25. The molecule has 0 saturated heterocycles. The van der Waals surface area contributed by atoms with Crippen LogP contribution in [0, 0.1) is 0 Å². The van der Waals surface area contributed by atoms with Gasteiger partial charge in [-0.1, -0.05) is 17.7 Å². The van der Waals surface area contributed by atoms with E-state index in [1.54, 1.807) is 30.0 Å². The number of carbonyl (C=O) groups excluding carboxylic acids is 2. The molecule has 0 bridgehead atoms. The van der Waals surface area contributed by atoms with E-state index < -0.39 is 0 Å². The molecule has 5 rings (SSSR count). The summed E-state index contributed by atoms with van der Waals surface area (Å²) in [6, 6.07) is 18.3. The first-order valence-corrected chi connectivity index (χ1v) is 12.5. The Morgan fingerprint density at radius 3 is 2.39 bits per heavy atom. The average molecular weight is 531 g/mol. The molecule has 9 heteroatoms. The van der Waals surface area contributed by atoms with E-state index in [-0.39, 0.29) is 11.8 Å². The highest BCUT2D eigenvalue weighted by molar-refractivity contribution is 6.38. The second kappa shape index (κ2) is 10.6.